The number of nitrogens with zero attached hydrogens (tertiary/aromatic N) is 1. The van der Waals surface area contributed by atoms with E-state index in [9.17, 15) is 19.5 Å². The highest BCUT2D eigenvalue weighted by molar-refractivity contribution is 5.82. The molecule has 0 bridgehead atoms. The zero-order valence-corrected chi connectivity index (χ0v) is 19.2. The van der Waals surface area contributed by atoms with Gasteiger partial charge in [-0.15, -0.1) is 0 Å². The Labute approximate surface area is 198 Å². The molecular formula is C26H30N2O6. The lowest BCUT2D eigenvalue weighted by atomic mass is 9.90. The number of rotatable bonds is 7. The molecule has 2 aromatic carbocycles. The Morgan fingerprint density at radius 2 is 1.62 bits per heavy atom. The molecule has 0 saturated carbocycles. The van der Waals surface area contributed by atoms with E-state index in [1.807, 2.05) is 31.2 Å². The van der Waals surface area contributed by atoms with E-state index in [0.29, 0.717) is 6.42 Å². The quantitative estimate of drug-likeness (QED) is 0.578. The third-order valence-electron chi connectivity index (χ3n) is 6.98. The van der Waals surface area contributed by atoms with Gasteiger partial charge in [-0.3, -0.25) is 4.79 Å². The van der Waals surface area contributed by atoms with Crippen molar-refractivity contribution in [3.8, 4) is 11.1 Å². The first-order valence-electron chi connectivity index (χ1n) is 11.7. The molecule has 1 saturated heterocycles. The molecule has 180 valence electrons. The number of hydrogen-bond donors (Lipinski definition) is 3. The molecule has 4 rings (SSSR count). The summed E-state index contributed by atoms with van der Waals surface area (Å²) in [6.07, 6.45) is -0.0800. The van der Waals surface area contributed by atoms with Gasteiger partial charge in [-0.25, -0.2) is 9.59 Å². The second-order valence-electron chi connectivity index (χ2n) is 8.97. The number of hydrogen-bond acceptors (Lipinski definition) is 5. The smallest absolute Gasteiger partial charge is 0.407 e. The Kier molecular flexibility index (Phi) is 6.88. The lowest BCUT2D eigenvalue weighted by Gasteiger charge is -2.36. The number of carboxylic acid groups (broad SMARTS) is 1. The van der Waals surface area contributed by atoms with E-state index in [2.05, 4.69) is 29.6 Å². The molecule has 3 N–H and O–H groups in total. The van der Waals surface area contributed by atoms with Crippen LogP contribution in [0.3, 0.4) is 0 Å². The number of carboxylic acids is 1. The van der Waals surface area contributed by atoms with Crippen molar-refractivity contribution in [3.05, 3.63) is 59.7 Å². The molecule has 2 amide bonds. The van der Waals surface area contributed by atoms with E-state index in [0.717, 1.165) is 22.3 Å². The summed E-state index contributed by atoms with van der Waals surface area (Å²) in [5, 5.41) is 21.9. The molecule has 1 heterocycles. The van der Waals surface area contributed by atoms with Gasteiger partial charge in [0.1, 0.15) is 6.61 Å². The number of alkyl carbamates (subject to hydrolysis) is 1. The maximum absolute atomic E-state index is 12.9. The molecule has 0 radical (unpaired) electrons. The van der Waals surface area contributed by atoms with Gasteiger partial charge in [0.15, 0.2) is 5.60 Å². The number of ether oxygens (including phenoxy) is 1. The Morgan fingerprint density at radius 3 is 2.15 bits per heavy atom. The normalized spacial score (nSPS) is 17.4. The molecule has 8 nitrogen and oxygen atoms in total. The molecular weight excluding hydrogens is 436 g/mol. The summed E-state index contributed by atoms with van der Waals surface area (Å²) >= 11 is 0. The van der Waals surface area contributed by atoms with Crippen LogP contribution in [0.4, 0.5) is 4.79 Å². The van der Waals surface area contributed by atoms with Crippen LogP contribution in [0.15, 0.2) is 48.5 Å². The highest BCUT2D eigenvalue weighted by atomic mass is 16.5. The first-order chi connectivity index (χ1) is 16.3. The summed E-state index contributed by atoms with van der Waals surface area (Å²) in [5.41, 5.74) is 2.78. The van der Waals surface area contributed by atoms with Crippen molar-refractivity contribution in [2.24, 2.45) is 5.92 Å². The van der Waals surface area contributed by atoms with Crippen molar-refractivity contribution in [2.75, 3.05) is 26.2 Å². The summed E-state index contributed by atoms with van der Waals surface area (Å²) in [6, 6.07) is 16.2. The van der Waals surface area contributed by atoms with Crippen molar-refractivity contribution in [1.82, 2.24) is 10.2 Å². The minimum Gasteiger partial charge on any atom is -0.479 e. The number of benzene rings is 2. The monoisotopic (exact) mass is 466 g/mol. The van der Waals surface area contributed by atoms with Crippen molar-refractivity contribution < 1.29 is 29.3 Å². The Morgan fingerprint density at radius 1 is 1.06 bits per heavy atom. The summed E-state index contributed by atoms with van der Waals surface area (Å²) in [5.74, 6) is -1.91. The van der Waals surface area contributed by atoms with Crippen LogP contribution in [0, 0.1) is 5.92 Å². The maximum Gasteiger partial charge on any atom is 0.407 e. The second kappa shape index (κ2) is 9.85. The van der Waals surface area contributed by atoms with Gasteiger partial charge in [0, 0.05) is 38.4 Å². The average molecular weight is 467 g/mol. The van der Waals surface area contributed by atoms with Crippen molar-refractivity contribution in [1.29, 1.82) is 0 Å². The number of fused-ring (bicyclic) bond motifs is 3. The fourth-order valence-corrected chi connectivity index (χ4v) is 4.83. The predicted octanol–water partition coefficient (Wildman–Crippen LogP) is 2.99. The second-order valence-corrected chi connectivity index (χ2v) is 8.97. The SMILES string of the molecule is CCC(CNC(=O)OCC1c2ccccc2-c2ccccc21)C(=O)N1CCC(O)(C(=O)O)CC1. The first-order valence-corrected chi connectivity index (χ1v) is 11.7. The van der Waals surface area contributed by atoms with Gasteiger partial charge in [0.2, 0.25) is 5.91 Å². The third-order valence-corrected chi connectivity index (χ3v) is 6.98. The number of aliphatic carboxylic acids is 1. The highest BCUT2D eigenvalue weighted by Gasteiger charge is 2.41. The topological polar surface area (TPSA) is 116 Å². The van der Waals surface area contributed by atoms with Crippen LogP contribution in [0.25, 0.3) is 11.1 Å². The fourth-order valence-electron chi connectivity index (χ4n) is 4.83. The molecule has 1 atom stereocenters. The highest BCUT2D eigenvalue weighted by Crippen LogP contribution is 2.44. The number of carbonyl (C=O) groups is 3. The molecule has 1 fully saturated rings. The van der Waals surface area contributed by atoms with E-state index in [1.165, 1.54) is 0 Å². The molecule has 8 heteroatoms. The van der Waals surface area contributed by atoms with Crippen LogP contribution in [0.2, 0.25) is 0 Å². The Bertz CT molecular complexity index is 1030. The fraction of sp³-hybridized carbons (Fsp3) is 0.423. The Balaban J connectivity index is 1.30. The van der Waals surface area contributed by atoms with Crippen molar-refractivity contribution >= 4 is 18.0 Å². The van der Waals surface area contributed by atoms with Crippen LogP contribution >= 0.6 is 0 Å². The molecule has 1 unspecified atom stereocenters. The zero-order valence-electron chi connectivity index (χ0n) is 19.2. The van der Waals surface area contributed by atoms with Gasteiger partial charge in [-0.2, -0.15) is 0 Å². The van der Waals surface area contributed by atoms with E-state index in [1.54, 1.807) is 4.90 Å². The van der Waals surface area contributed by atoms with E-state index >= 15 is 0 Å². The molecule has 0 aromatic heterocycles. The van der Waals surface area contributed by atoms with Crippen LogP contribution in [0.1, 0.15) is 43.2 Å². The predicted molar refractivity (Wildman–Crippen MR) is 125 cm³/mol. The maximum atomic E-state index is 12.9. The number of piperidine rings is 1. The lowest BCUT2D eigenvalue weighted by Crippen LogP contribution is -2.52. The van der Waals surface area contributed by atoms with Crippen LogP contribution < -0.4 is 5.32 Å². The van der Waals surface area contributed by atoms with Gasteiger partial charge < -0.3 is 25.2 Å². The summed E-state index contributed by atoms with van der Waals surface area (Å²) < 4.78 is 5.54. The molecule has 0 spiro atoms. The molecule has 34 heavy (non-hydrogen) atoms. The Hall–Kier alpha value is -3.39. The van der Waals surface area contributed by atoms with Gasteiger partial charge in [-0.1, -0.05) is 55.5 Å². The molecule has 2 aliphatic rings. The number of amides is 2. The standard InChI is InChI=1S/C26H30N2O6/c1-2-17(23(29)28-13-11-26(33,12-14-28)24(30)31)15-27-25(32)34-16-22-20-9-5-3-7-18(20)19-8-4-6-10-21(19)22/h3-10,17,22,33H,2,11-16H2,1H3,(H,27,32)(H,30,31). The van der Waals surface area contributed by atoms with Crippen LogP contribution in [-0.2, 0) is 14.3 Å². The average Bonchev–Trinajstić information content (AvgIpc) is 3.17. The number of likely N-dealkylation sites (tertiary alicyclic amines) is 1. The van der Waals surface area contributed by atoms with Crippen LogP contribution in [-0.4, -0.2) is 64.9 Å². The summed E-state index contributed by atoms with van der Waals surface area (Å²) in [6.45, 7) is 2.53. The lowest BCUT2D eigenvalue weighted by molar-refractivity contribution is -0.166. The molecule has 1 aliphatic carbocycles. The molecule has 2 aromatic rings. The number of aliphatic hydroxyl groups is 1. The van der Waals surface area contributed by atoms with E-state index in [4.69, 9.17) is 9.84 Å². The van der Waals surface area contributed by atoms with Crippen molar-refractivity contribution in [3.63, 3.8) is 0 Å². The zero-order chi connectivity index (χ0) is 24.3. The third kappa shape index (κ3) is 4.63. The van der Waals surface area contributed by atoms with Gasteiger partial charge in [0.25, 0.3) is 0 Å². The number of nitrogens with one attached hydrogen (secondary N) is 1. The van der Waals surface area contributed by atoms with E-state index < -0.39 is 23.6 Å². The van der Waals surface area contributed by atoms with Gasteiger partial charge >= 0.3 is 12.1 Å². The number of carbonyl (C=O) groups excluding carboxylic acids is 2. The minimum absolute atomic E-state index is 0.00961. The largest absolute Gasteiger partial charge is 0.479 e. The minimum atomic E-state index is -1.78. The first kappa shape index (κ1) is 23.8. The molecule has 1 aliphatic heterocycles. The summed E-state index contributed by atoms with van der Waals surface area (Å²) in [4.78, 5) is 38.1. The van der Waals surface area contributed by atoms with Gasteiger partial charge in [0.05, 0.1) is 5.92 Å². The van der Waals surface area contributed by atoms with Crippen molar-refractivity contribution in [2.45, 2.75) is 37.7 Å². The van der Waals surface area contributed by atoms with Crippen LogP contribution in [0.5, 0.6) is 0 Å². The van der Waals surface area contributed by atoms with E-state index in [-0.39, 0.29) is 50.9 Å². The summed E-state index contributed by atoms with van der Waals surface area (Å²) in [7, 11) is 0. The van der Waals surface area contributed by atoms with Gasteiger partial charge in [-0.05, 0) is 28.7 Å².